The first kappa shape index (κ1) is 17.0. The third-order valence-corrected chi connectivity index (χ3v) is 4.11. The fourth-order valence-electron chi connectivity index (χ4n) is 1.59. The first-order valence-corrected chi connectivity index (χ1v) is 7.57. The SMILES string of the molecule is COCCCCNS(=O)(=O)c1cc(CN)cc(F)c1F. The Morgan fingerprint density at radius 2 is 2.00 bits per heavy atom. The normalized spacial score (nSPS) is 11.8. The van der Waals surface area contributed by atoms with Gasteiger partial charge in [-0.2, -0.15) is 0 Å². The number of nitrogens with one attached hydrogen (secondary N) is 1. The van der Waals surface area contributed by atoms with Crippen LogP contribution >= 0.6 is 0 Å². The predicted molar refractivity (Wildman–Crippen MR) is 70.5 cm³/mol. The van der Waals surface area contributed by atoms with Crippen molar-refractivity contribution in [2.75, 3.05) is 20.3 Å². The van der Waals surface area contributed by atoms with Crippen molar-refractivity contribution in [3.05, 3.63) is 29.3 Å². The third kappa shape index (κ3) is 4.48. The maximum absolute atomic E-state index is 13.6. The van der Waals surface area contributed by atoms with Gasteiger partial charge in [-0.15, -0.1) is 0 Å². The highest BCUT2D eigenvalue weighted by molar-refractivity contribution is 7.89. The number of ether oxygens (including phenoxy) is 1. The van der Waals surface area contributed by atoms with Gasteiger partial charge < -0.3 is 10.5 Å². The largest absolute Gasteiger partial charge is 0.385 e. The lowest BCUT2D eigenvalue weighted by molar-refractivity contribution is 0.193. The second kappa shape index (κ2) is 7.63. The van der Waals surface area contributed by atoms with E-state index < -0.39 is 26.6 Å². The van der Waals surface area contributed by atoms with Crippen LogP contribution in [0, 0.1) is 11.6 Å². The molecule has 0 aromatic heterocycles. The average Bonchev–Trinajstić information content (AvgIpc) is 2.41. The summed E-state index contributed by atoms with van der Waals surface area (Å²) in [6.07, 6.45) is 1.20. The van der Waals surface area contributed by atoms with E-state index in [0.717, 1.165) is 12.1 Å². The van der Waals surface area contributed by atoms with E-state index in [9.17, 15) is 17.2 Å². The second-order valence-electron chi connectivity index (χ2n) is 4.19. The minimum atomic E-state index is -4.09. The van der Waals surface area contributed by atoms with Crippen LogP contribution in [0.1, 0.15) is 18.4 Å². The highest BCUT2D eigenvalue weighted by Gasteiger charge is 2.22. The Morgan fingerprint density at radius 3 is 2.60 bits per heavy atom. The van der Waals surface area contributed by atoms with Crippen LogP contribution in [-0.2, 0) is 21.3 Å². The molecule has 8 heteroatoms. The molecular formula is C12H18F2N2O3S. The molecule has 1 aromatic rings. The van der Waals surface area contributed by atoms with Gasteiger partial charge in [-0.3, -0.25) is 0 Å². The summed E-state index contributed by atoms with van der Waals surface area (Å²) in [7, 11) is -2.55. The Morgan fingerprint density at radius 1 is 1.30 bits per heavy atom. The zero-order valence-electron chi connectivity index (χ0n) is 11.2. The molecule has 3 N–H and O–H groups in total. The van der Waals surface area contributed by atoms with Crippen LogP contribution in [0.25, 0.3) is 0 Å². The topological polar surface area (TPSA) is 81.4 Å². The van der Waals surface area contributed by atoms with Gasteiger partial charge in [-0.25, -0.2) is 21.9 Å². The molecule has 114 valence electrons. The maximum atomic E-state index is 13.6. The Bertz CT molecular complexity index is 550. The molecule has 0 heterocycles. The van der Waals surface area contributed by atoms with Crippen molar-refractivity contribution in [1.29, 1.82) is 0 Å². The summed E-state index contributed by atoms with van der Waals surface area (Å²) in [5.74, 6) is -2.63. The van der Waals surface area contributed by atoms with Gasteiger partial charge in [0.15, 0.2) is 11.6 Å². The number of hydrogen-bond donors (Lipinski definition) is 2. The molecule has 1 rings (SSSR count). The fraction of sp³-hybridized carbons (Fsp3) is 0.500. The summed E-state index contributed by atoms with van der Waals surface area (Å²) < 4.78 is 57.8. The van der Waals surface area contributed by atoms with E-state index in [1.165, 1.54) is 0 Å². The van der Waals surface area contributed by atoms with E-state index >= 15 is 0 Å². The van der Waals surface area contributed by atoms with Gasteiger partial charge >= 0.3 is 0 Å². The van der Waals surface area contributed by atoms with Crippen molar-refractivity contribution in [2.24, 2.45) is 5.73 Å². The Hall–Kier alpha value is -1.09. The quantitative estimate of drug-likeness (QED) is 0.705. The summed E-state index contributed by atoms with van der Waals surface area (Å²) in [6.45, 7) is 0.556. The molecule has 0 aliphatic carbocycles. The summed E-state index contributed by atoms with van der Waals surface area (Å²) in [5, 5.41) is 0. The molecule has 0 bridgehead atoms. The fourth-order valence-corrected chi connectivity index (χ4v) is 2.79. The van der Waals surface area contributed by atoms with Gasteiger partial charge in [0.25, 0.3) is 0 Å². The highest BCUT2D eigenvalue weighted by Crippen LogP contribution is 2.19. The van der Waals surface area contributed by atoms with Crippen molar-refractivity contribution >= 4 is 10.0 Å². The van der Waals surface area contributed by atoms with E-state index in [-0.39, 0.29) is 18.7 Å². The van der Waals surface area contributed by atoms with Crippen LogP contribution in [-0.4, -0.2) is 28.7 Å². The first-order valence-electron chi connectivity index (χ1n) is 6.09. The van der Waals surface area contributed by atoms with E-state index in [2.05, 4.69) is 4.72 Å². The van der Waals surface area contributed by atoms with Crippen molar-refractivity contribution < 1.29 is 21.9 Å². The van der Waals surface area contributed by atoms with Crippen LogP contribution in [0.2, 0.25) is 0 Å². The first-order chi connectivity index (χ1) is 9.42. The molecule has 0 aliphatic heterocycles. The Kier molecular flexibility index (Phi) is 6.47. The Balaban J connectivity index is 2.84. The molecule has 0 unspecified atom stereocenters. The van der Waals surface area contributed by atoms with Crippen LogP contribution in [0.4, 0.5) is 8.78 Å². The lowest BCUT2D eigenvalue weighted by Crippen LogP contribution is -2.26. The number of sulfonamides is 1. The van der Waals surface area contributed by atoms with Gasteiger partial charge in [-0.05, 0) is 30.5 Å². The summed E-state index contributed by atoms with van der Waals surface area (Å²) in [4.78, 5) is -0.718. The van der Waals surface area contributed by atoms with Crippen molar-refractivity contribution in [1.82, 2.24) is 4.72 Å². The molecule has 0 atom stereocenters. The van der Waals surface area contributed by atoms with Crippen molar-refractivity contribution in [3.8, 4) is 0 Å². The van der Waals surface area contributed by atoms with Gasteiger partial charge in [-0.1, -0.05) is 0 Å². The van der Waals surface area contributed by atoms with Crippen LogP contribution in [0.15, 0.2) is 17.0 Å². The molecule has 1 aromatic carbocycles. The smallest absolute Gasteiger partial charge is 0.243 e. The summed E-state index contributed by atoms with van der Waals surface area (Å²) in [6, 6.07) is 1.92. The van der Waals surface area contributed by atoms with E-state index in [0.29, 0.717) is 19.4 Å². The molecule has 0 spiro atoms. The third-order valence-electron chi connectivity index (χ3n) is 2.65. The van der Waals surface area contributed by atoms with Crippen molar-refractivity contribution in [3.63, 3.8) is 0 Å². The van der Waals surface area contributed by atoms with Crippen LogP contribution < -0.4 is 10.5 Å². The summed E-state index contributed by atoms with van der Waals surface area (Å²) in [5.41, 5.74) is 5.53. The number of rotatable bonds is 8. The molecular weight excluding hydrogens is 290 g/mol. The molecule has 0 radical (unpaired) electrons. The van der Waals surface area contributed by atoms with Gasteiger partial charge in [0.05, 0.1) is 0 Å². The average molecular weight is 308 g/mol. The van der Waals surface area contributed by atoms with Gasteiger partial charge in [0.1, 0.15) is 4.90 Å². The number of methoxy groups -OCH3 is 1. The number of unbranched alkanes of at least 4 members (excludes halogenated alkanes) is 1. The molecule has 0 aliphatic rings. The number of nitrogens with two attached hydrogens (primary N) is 1. The molecule has 20 heavy (non-hydrogen) atoms. The van der Waals surface area contributed by atoms with Gasteiger partial charge in [0, 0.05) is 26.8 Å². The van der Waals surface area contributed by atoms with Crippen molar-refractivity contribution in [2.45, 2.75) is 24.3 Å². The highest BCUT2D eigenvalue weighted by atomic mass is 32.2. The molecule has 0 saturated carbocycles. The molecule has 0 saturated heterocycles. The molecule has 0 amide bonds. The predicted octanol–water partition coefficient (Wildman–Crippen LogP) is 1.13. The minimum Gasteiger partial charge on any atom is -0.385 e. The molecule has 5 nitrogen and oxygen atoms in total. The minimum absolute atomic E-state index is 0.0758. The second-order valence-corrected chi connectivity index (χ2v) is 5.93. The number of halogens is 2. The lowest BCUT2D eigenvalue weighted by Gasteiger charge is -2.09. The summed E-state index contributed by atoms with van der Waals surface area (Å²) >= 11 is 0. The zero-order chi connectivity index (χ0) is 15.2. The maximum Gasteiger partial charge on any atom is 0.243 e. The zero-order valence-corrected chi connectivity index (χ0v) is 12.0. The van der Waals surface area contributed by atoms with E-state index in [1.807, 2.05) is 0 Å². The van der Waals surface area contributed by atoms with Crippen LogP contribution in [0.3, 0.4) is 0 Å². The standard InChI is InChI=1S/C12H18F2N2O3S/c1-19-5-3-2-4-16-20(17,18)11-7-9(8-15)6-10(13)12(11)14/h6-7,16H,2-5,8,15H2,1H3. The number of benzene rings is 1. The van der Waals surface area contributed by atoms with E-state index in [1.54, 1.807) is 7.11 Å². The van der Waals surface area contributed by atoms with Gasteiger partial charge in [0.2, 0.25) is 10.0 Å². The monoisotopic (exact) mass is 308 g/mol. The Labute approximate surface area is 117 Å². The molecule has 0 fully saturated rings. The van der Waals surface area contributed by atoms with Crippen LogP contribution in [0.5, 0.6) is 0 Å². The van der Waals surface area contributed by atoms with E-state index in [4.69, 9.17) is 10.5 Å². The number of hydrogen-bond acceptors (Lipinski definition) is 4. The lowest BCUT2D eigenvalue weighted by atomic mass is 10.2.